The van der Waals surface area contributed by atoms with Gasteiger partial charge in [0.05, 0.1) is 5.56 Å². The predicted octanol–water partition coefficient (Wildman–Crippen LogP) is 2.19. The van der Waals surface area contributed by atoms with Crippen LogP contribution in [0.1, 0.15) is 16.8 Å². The van der Waals surface area contributed by atoms with Crippen LogP contribution in [0.25, 0.3) is 10.4 Å². The van der Waals surface area contributed by atoms with Gasteiger partial charge in [0.25, 0.3) is 0 Å². The molecule has 1 aromatic rings. The second kappa shape index (κ2) is 5.58. The molecule has 7 nitrogen and oxygen atoms in total. The van der Waals surface area contributed by atoms with E-state index in [1.54, 1.807) is 0 Å². The smallest absolute Gasteiger partial charge is 0.335 e. The van der Waals surface area contributed by atoms with Crippen LogP contribution in [0.2, 0.25) is 0 Å². The summed E-state index contributed by atoms with van der Waals surface area (Å²) in [6.07, 6.45) is 0.192. The van der Waals surface area contributed by atoms with Crippen LogP contribution in [-0.4, -0.2) is 30.1 Å². The molecule has 0 radical (unpaired) electrons. The maximum atomic E-state index is 13.4. The van der Waals surface area contributed by atoms with Crippen molar-refractivity contribution in [3.05, 3.63) is 40.0 Å². The maximum Gasteiger partial charge on any atom is 0.335 e. The van der Waals surface area contributed by atoms with Crippen molar-refractivity contribution in [2.75, 3.05) is 18.0 Å². The third-order valence-electron chi connectivity index (χ3n) is 3.05. The number of carbonyl (C=O) groups is 2. The Hall–Kier alpha value is -2.60. The van der Waals surface area contributed by atoms with Gasteiger partial charge in [-0.3, -0.25) is 4.79 Å². The molecule has 1 atom stereocenters. The van der Waals surface area contributed by atoms with Crippen molar-refractivity contribution in [3.63, 3.8) is 0 Å². The highest BCUT2D eigenvalue weighted by molar-refractivity contribution is 5.97. The van der Waals surface area contributed by atoms with Crippen molar-refractivity contribution >= 4 is 17.6 Å². The highest BCUT2D eigenvalue weighted by Crippen LogP contribution is 2.27. The van der Waals surface area contributed by atoms with Crippen molar-refractivity contribution in [2.45, 2.75) is 6.42 Å². The van der Waals surface area contributed by atoms with Crippen molar-refractivity contribution in [3.8, 4) is 0 Å². The fraction of sp³-hybridized carbons (Fsp3) is 0.333. The van der Waals surface area contributed by atoms with Crippen LogP contribution >= 0.6 is 0 Å². The highest BCUT2D eigenvalue weighted by atomic mass is 19.1. The molecule has 1 aromatic carbocycles. The van der Waals surface area contributed by atoms with Crippen LogP contribution in [0.15, 0.2) is 23.3 Å². The Morgan fingerprint density at radius 2 is 2.30 bits per heavy atom. The third-order valence-corrected chi connectivity index (χ3v) is 3.05. The Morgan fingerprint density at radius 3 is 2.95 bits per heavy atom. The summed E-state index contributed by atoms with van der Waals surface area (Å²) >= 11 is 0. The Labute approximate surface area is 113 Å². The summed E-state index contributed by atoms with van der Waals surface area (Å²) in [5.74, 6) is -2.37. The van der Waals surface area contributed by atoms with Gasteiger partial charge in [0.1, 0.15) is 5.82 Å². The van der Waals surface area contributed by atoms with Crippen molar-refractivity contribution in [1.29, 1.82) is 0 Å². The molecular formula is C12H11FN4O3. The van der Waals surface area contributed by atoms with Gasteiger partial charge in [-0.1, -0.05) is 5.11 Å². The monoisotopic (exact) mass is 278 g/mol. The summed E-state index contributed by atoms with van der Waals surface area (Å²) in [5, 5.41) is 12.3. The van der Waals surface area contributed by atoms with E-state index >= 15 is 0 Å². The lowest BCUT2D eigenvalue weighted by Gasteiger charge is -2.17. The molecule has 1 N–H and O–H groups in total. The standard InChI is InChI=1S/C12H11FN4O3/c13-9-2-8(12(19)20)3-10(4-9)17-6-7(1-11(17)18)5-15-16-14/h2-4,7H,1,5-6H2,(H,19,20). The molecule has 1 saturated heterocycles. The molecule has 104 valence electrons. The number of aromatic carboxylic acids is 1. The molecule has 20 heavy (non-hydrogen) atoms. The van der Waals surface area contributed by atoms with E-state index in [1.165, 1.54) is 11.0 Å². The third kappa shape index (κ3) is 2.86. The first-order valence-electron chi connectivity index (χ1n) is 5.86. The zero-order valence-electron chi connectivity index (χ0n) is 10.4. The van der Waals surface area contributed by atoms with Gasteiger partial charge >= 0.3 is 5.97 Å². The summed E-state index contributed by atoms with van der Waals surface area (Å²) in [6.45, 7) is 0.459. The van der Waals surface area contributed by atoms with E-state index in [4.69, 9.17) is 10.6 Å². The molecule has 1 amide bonds. The van der Waals surface area contributed by atoms with E-state index in [0.29, 0.717) is 0 Å². The Balaban J connectivity index is 2.25. The van der Waals surface area contributed by atoms with E-state index in [1.807, 2.05) is 0 Å². The van der Waals surface area contributed by atoms with E-state index in [0.717, 1.165) is 12.1 Å². The van der Waals surface area contributed by atoms with Crippen LogP contribution in [0.5, 0.6) is 0 Å². The van der Waals surface area contributed by atoms with E-state index in [9.17, 15) is 14.0 Å². The lowest BCUT2D eigenvalue weighted by Crippen LogP contribution is -2.25. The molecular weight excluding hydrogens is 267 g/mol. The largest absolute Gasteiger partial charge is 0.478 e. The number of azide groups is 1. The number of benzene rings is 1. The first kappa shape index (κ1) is 13.8. The van der Waals surface area contributed by atoms with E-state index in [2.05, 4.69) is 10.0 Å². The average molecular weight is 278 g/mol. The Kier molecular flexibility index (Phi) is 3.86. The van der Waals surface area contributed by atoms with Gasteiger partial charge in [0.2, 0.25) is 5.91 Å². The van der Waals surface area contributed by atoms with Gasteiger partial charge < -0.3 is 10.0 Å². The van der Waals surface area contributed by atoms with E-state index < -0.39 is 11.8 Å². The molecule has 0 aromatic heterocycles. The molecule has 1 heterocycles. The molecule has 1 aliphatic rings. The molecule has 1 aliphatic heterocycles. The van der Waals surface area contributed by atoms with Crippen molar-refractivity contribution in [1.82, 2.24) is 0 Å². The fourth-order valence-electron chi connectivity index (χ4n) is 2.16. The number of carboxylic acid groups (broad SMARTS) is 1. The van der Waals surface area contributed by atoms with Crippen LogP contribution in [0.4, 0.5) is 10.1 Å². The van der Waals surface area contributed by atoms with Crippen LogP contribution in [-0.2, 0) is 4.79 Å². The van der Waals surface area contributed by atoms with Crippen LogP contribution < -0.4 is 4.90 Å². The second-order valence-corrected chi connectivity index (χ2v) is 4.49. The van der Waals surface area contributed by atoms with Crippen molar-refractivity contribution < 1.29 is 19.1 Å². The number of hydrogen-bond acceptors (Lipinski definition) is 3. The van der Waals surface area contributed by atoms with Crippen molar-refractivity contribution in [2.24, 2.45) is 11.0 Å². The minimum atomic E-state index is -1.26. The number of halogens is 1. The lowest BCUT2D eigenvalue weighted by atomic mass is 10.1. The Bertz CT molecular complexity index is 613. The molecule has 2 rings (SSSR count). The minimum Gasteiger partial charge on any atom is -0.478 e. The molecule has 0 saturated carbocycles. The SMILES string of the molecule is [N-]=[N+]=NCC1CC(=O)N(c2cc(F)cc(C(=O)O)c2)C1. The molecule has 1 unspecified atom stereocenters. The second-order valence-electron chi connectivity index (χ2n) is 4.49. The van der Waals surface area contributed by atoms with Gasteiger partial charge in [-0.2, -0.15) is 0 Å². The average Bonchev–Trinajstić information content (AvgIpc) is 2.77. The summed E-state index contributed by atoms with van der Waals surface area (Å²) in [5.41, 5.74) is 8.24. The Morgan fingerprint density at radius 1 is 1.55 bits per heavy atom. The normalized spacial score (nSPS) is 17.9. The van der Waals surface area contributed by atoms with Crippen LogP contribution in [0.3, 0.4) is 0 Å². The van der Waals surface area contributed by atoms with Crippen LogP contribution in [0, 0.1) is 11.7 Å². The topological polar surface area (TPSA) is 106 Å². The molecule has 0 spiro atoms. The zero-order chi connectivity index (χ0) is 14.7. The fourth-order valence-corrected chi connectivity index (χ4v) is 2.16. The number of carboxylic acids is 1. The number of amides is 1. The minimum absolute atomic E-state index is 0.144. The first-order chi connectivity index (χ1) is 9.51. The molecule has 1 fully saturated rings. The van der Waals surface area contributed by atoms with Gasteiger partial charge in [0.15, 0.2) is 0 Å². The summed E-state index contributed by atoms with van der Waals surface area (Å²) in [4.78, 5) is 26.7. The summed E-state index contributed by atoms with van der Waals surface area (Å²) < 4.78 is 13.4. The highest BCUT2D eigenvalue weighted by Gasteiger charge is 2.30. The number of nitrogens with zero attached hydrogens (tertiary/aromatic N) is 4. The maximum absolute atomic E-state index is 13.4. The van der Waals surface area contributed by atoms with Gasteiger partial charge in [-0.25, -0.2) is 9.18 Å². The molecule has 0 bridgehead atoms. The number of rotatable bonds is 4. The first-order valence-corrected chi connectivity index (χ1v) is 5.86. The van der Waals surface area contributed by atoms with Gasteiger partial charge in [0, 0.05) is 30.1 Å². The quantitative estimate of drug-likeness (QED) is 0.518. The number of anilines is 1. The molecule has 0 aliphatic carbocycles. The molecule has 8 heteroatoms. The van der Waals surface area contributed by atoms with Gasteiger partial charge in [-0.05, 0) is 29.6 Å². The number of carbonyl (C=O) groups excluding carboxylic acids is 1. The van der Waals surface area contributed by atoms with Gasteiger partial charge in [-0.15, -0.1) is 0 Å². The zero-order valence-corrected chi connectivity index (χ0v) is 10.4. The lowest BCUT2D eigenvalue weighted by molar-refractivity contribution is -0.117. The summed E-state index contributed by atoms with van der Waals surface area (Å²) in [7, 11) is 0. The predicted molar refractivity (Wildman–Crippen MR) is 67.8 cm³/mol. The van der Waals surface area contributed by atoms with E-state index in [-0.39, 0.29) is 42.6 Å². The number of hydrogen-bond donors (Lipinski definition) is 1. The summed E-state index contributed by atoms with van der Waals surface area (Å²) in [6, 6.07) is 3.25.